The van der Waals surface area contributed by atoms with Crippen molar-refractivity contribution in [2.24, 2.45) is 5.92 Å². The zero-order chi connectivity index (χ0) is 14.3. The van der Waals surface area contributed by atoms with E-state index in [0.29, 0.717) is 35.7 Å². The van der Waals surface area contributed by atoms with Crippen LogP contribution in [-0.4, -0.2) is 20.8 Å². The number of benzene rings is 1. The van der Waals surface area contributed by atoms with Crippen molar-refractivity contribution in [3.05, 3.63) is 17.7 Å². The third kappa shape index (κ3) is 4.50. The lowest BCUT2D eigenvalue weighted by atomic mass is 10.1. The maximum atomic E-state index is 5.87. The Hall–Kier alpha value is -1.09. The predicted octanol–water partition coefficient (Wildman–Crippen LogP) is 4.26. The largest absolute Gasteiger partial charge is 0.493 e. The van der Waals surface area contributed by atoms with E-state index in [1.54, 1.807) is 14.2 Å². The Morgan fingerprint density at radius 1 is 1.16 bits per heavy atom. The number of alkyl halides is 1. The number of ether oxygens (including phenoxy) is 3. The highest BCUT2D eigenvalue weighted by Gasteiger charge is 2.15. The molecule has 0 N–H and O–H groups in total. The van der Waals surface area contributed by atoms with Crippen LogP contribution in [-0.2, 0) is 5.88 Å². The maximum absolute atomic E-state index is 5.87. The molecule has 0 amide bonds. The smallest absolute Gasteiger partial charge is 0.203 e. The molecule has 0 bridgehead atoms. The minimum Gasteiger partial charge on any atom is -0.493 e. The summed E-state index contributed by atoms with van der Waals surface area (Å²) in [5.74, 6) is 2.91. The Morgan fingerprint density at radius 2 is 1.74 bits per heavy atom. The van der Waals surface area contributed by atoms with Crippen LogP contribution in [0.1, 0.15) is 32.3 Å². The van der Waals surface area contributed by atoms with Gasteiger partial charge in [-0.05, 0) is 30.0 Å². The molecule has 1 rings (SSSR count). The summed E-state index contributed by atoms with van der Waals surface area (Å²) < 4.78 is 16.6. The van der Waals surface area contributed by atoms with Gasteiger partial charge in [-0.2, -0.15) is 0 Å². The second-order valence-electron chi connectivity index (χ2n) is 4.67. The van der Waals surface area contributed by atoms with E-state index in [0.717, 1.165) is 18.4 Å². The minimum atomic E-state index is 0.416. The summed E-state index contributed by atoms with van der Waals surface area (Å²) in [5, 5.41) is 0. The highest BCUT2D eigenvalue weighted by molar-refractivity contribution is 6.17. The van der Waals surface area contributed by atoms with Gasteiger partial charge in [0.1, 0.15) is 0 Å². The van der Waals surface area contributed by atoms with Gasteiger partial charge in [0.25, 0.3) is 0 Å². The molecule has 0 saturated heterocycles. The second-order valence-corrected chi connectivity index (χ2v) is 4.94. The van der Waals surface area contributed by atoms with Crippen LogP contribution in [0.15, 0.2) is 12.1 Å². The van der Waals surface area contributed by atoms with Crippen LogP contribution in [0.4, 0.5) is 0 Å². The van der Waals surface area contributed by atoms with E-state index < -0.39 is 0 Å². The number of halogens is 1. The first-order valence-electron chi connectivity index (χ1n) is 6.59. The Bertz CT molecular complexity index is 368. The van der Waals surface area contributed by atoms with Crippen LogP contribution >= 0.6 is 11.6 Å². The fourth-order valence-corrected chi connectivity index (χ4v) is 2.11. The highest BCUT2D eigenvalue weighted by Crippen LogP contribution is 2.39. The summed E-state index contributed by atoms with van der Waals surface area (Å²) in [6.07, 6.45) is 2.30. The van der Waals surface area contributed by atoms with Crippen molar-refractivity contribution in [3.63, 3.8) is 0 Å². The van der Waals surface area contributed by atoms with Crippen molar-refractivity contribution >= 4 is 11.6 Å². The van der Waals surface area contributed by atoms with E-state index in [2.05, 4.69) is 13.8 Å². The molecule has 0 heterocycles. The van der Waals surface area contributed by atoms with Crippen molar-refractivity contribution in [2.45, 2.75) is 32.6 Å². The fraction of sp³-hybridized carbons (Fsp3) is 0.600. The summed E-state index contributed by atoms with van der Waals surface area (Å²) in [4.78, 5) is 0. The molecule has 108 valence electrons. The molecule has 3 nitrogen and oxygen atoms in total. The number of methoxy groups -OCH3 is 2. The number of hydrogen-bond donors (Lipinski definition) is 0. The van der Waals surface area contributed by atoms with Crippen LogP contribution < -0.4 is 14.2 Å². The van der Waals surface area contributed by atoms with Crippen LogP contribution in [0.3, 0.4) is 0 Å². The van der Waals surface area contributed by atoms with Gasteiger partial charge in [0.2, 0.25) is 5.75 Å². The number of rotatable bonds is 8. The minimum absolute atomic E-state index is 0.416. The monoisotopic (exact) mass is 286 g/mol. The topological polar surface area (TPSA) is 27.7 Å². The summed E-state index contributed by atoms with van der Waals surface area (Å²) in [6, 6.07) is 3.77. The molecule has 0 aliphatic heterocycles. The van der Waals surface area contributed by atoms with Crippen LogP contribution in [0.2, 0.25) is 0 Å². The quantitative estimate of drug-likeness (QED) is 0.668. The third-order valence-electron chi connectivity index (χ3n) is 2.97. The van der Waals surface area contributed by atoms with Gasteiger partial charge >= 0.3 is 0 Å². The Balaban J connectivity index is 2.90. The van der Waals surface area contributed by atoms with E-state index in [1.807, 2.05) is 12.1 Å². The summed E-state index contributed by atoms with van der Waals surface area (Å²) in [5.41, 5.74) is 0.948. The first-order chi connectivity index (χ1) is 9.15. The van der Waals surface area contributed by atoms with E-state index in [4.69, 9.17) is 25.8 Å². The molecule has 0 aliphatic carbocycles. The summed E-state index contributed by atoms with van der Waals surface area (Å²) in [7, 11) is 3.24. The van der Waals surface area contributed by atoms with Crippen molar-refractivity contribution in [3.8, 4) is 17.2 Å². The molecule has 0 spiro atoms. The molecular weight excluding hydrogens is 264 g/mol. The van der Waals surface area contributed by atoms with E-state index in [1.165, 1.54) is 0 Å². The van der Waals surface area contributed by atoms with Crippen molar-refractivity contribution < 1.29 is 14.2 Å². The van der Waals surface area contributed by atoms with Crippen LogP contribution in [0.5, 0.6) is 17.2 Å². The van der Waals surface area contributed by atoms with Gasteiger partial charge < -0.3 is 14.2 Å². The molecule has 4 heteroatoms. The van der Waals surface area contributed by atoms with Crippen molar-refractivity contribution in [2.75, 3.05) is 20.8 Å². The molecule has 1 aromatic rings. The molecule has 0 fully saturated rings. The standard InChI is InChI=1S/C15H23ClO3/c1-5-6-11(2)10-19-15-13(17-3)7-12(9-16)8-14(15)18-4/h7-8,11H,5-6,9-10H2,1-4H3. The molecule has 19 heavy (non-hydrogen) atoms. The van der Waals surface area contributed by atoms with E-state index in [-0.39, 0.29) is 0 Å². The zero-order valence-electron chi connectivity index (χ0n) is 12.2. The second kappa shape index (κ2) is 8.16. The van der Waals surface area contributed by atoms with Crippen LogP contribution in [0, 0.1) is 5.92 Å². The average molecular weight is 287 g/mol. The lowest BCUT2D eigenvalue weighted by Crippen LogP contribution is -2.09. The molecule has 1 unspecified atom stereocenters. The van der Waals surface area contributed by atoms with Gasteiger partial charge in [0, 0.05) is 5.88 Å². The summed E-state index contributed by atoms with van der Waals surface area (Å²) >= 11 is 5.85. The highest BCUT2D eigenvalue weighted by atomic mass is 35.5. The molecule has 0 aliphatic rings. The molecule has 1 aromatic carbocycles. The van der Waals surface area contributed by atoms with Gasteiger partial charge in [-0.25, -0.2) is 0 Å². The van der Waals surface area contributed by atoms with E-state index in [9.17, 15) is 0 Å². The Kier molecular flexibility index (Phi) is 6.85. The van der Waals surface area contributed by atoms with Crippen molar-refractivity contribution in [1.29, 1.82) is 0 Å². The van der Waals surface area contributed by atoms with Gasteiger partial charge in [0.05, 0.1) is 20.8 Å². The molecule has 0 aromatic heterocycles. The lowest BCUT2D eigenvalue weighted by molar-refractivity contribution is 0.229. The Morgan fingerprint density at radius 3 is 2.16 bits per heavy atom. The van der Waals surface area contributed by atoms with Gasteiger partial charge in [0.15, 0.2) is 11.5 Å². The first kappa shape index (κ1) is 16.0. The lowest BCUT2D eigenvalue weighted by Gasteiger charge is -2.18. The van der Waals surface area contributed by atoms with Gasteiger partial charge in [-0.3, -0.25) is 0 Å². The molecular formula is C15H23ClO3. The maximum Gasteiger partial charge on any atom is 0.203 e. The van der Waals surface area contributed by atoms with Crippen LogP contribution in [0.25, 0.3) is 0 Å². The fourth-order valence-electron chi connectivity index (χ4n) is 1.96. The SMILES string of the molecule is CCCC(C)COc1c(OC)cc(CCl)cc1OC. The third-order valence-corrected chi connectivity index (χ3v) is 3.28. The zero-order valence-corrected chi connectivity index (χ0v) is 12.9. The average Bonchev–Trinajstić information content (AvgIpc) is 2.44. The first-order valence-corrected chi connectivity index (χ1v) is 7.13. The molecule has 0 saturated carbocycles. The van der Waals surface area contributed by atoms with Gasteiger partial charge in [-0.15, -0.1) is 11.6 Å². The predicted molar refractivity (Wildman–Crippen MR) is 78.7 cm³/mol. The van der Waals surface area contributed by atoms with Gasteiger partial charge in [-0.1, -0.05) is 20.3 Å². The van der Waals surface area contributed by atoms with Crippen molar-refractivity contribution in [1.82, 2.24) is 0 Å². The number of hydrogen-bond acceptors (Lipinski definition) is 3. The molecule has 1 atom stereocenters. The summed E-state index contributed by atoms with van der Waals surface area (Å²) in [6.45, 7) is 5.00. The van der Waals surface area contributed by atoms with E-state index >= 15 is 0 Å². The normalized spacial score (nSPS) is 12.1. The molecule has 0 radical (unpaired) electrons. The Labute approximate surface area is 120 Å².